The number of nitrogens with one attached hydrogen (secondary N) is 1. The fraction of sp³-hybridized carbons (Fsp3) is 0. The molecule has 2 heterocycles. The largest absolute Gasteiger partial charge is 0.494 e. The van der Waals surface area contributed by atoms with Crippen LogP contribution in [0.4, 0.5) is 0 Å². The van der Waals surface area contributed by atoms with E-state index < -0.39 is 11.8 Å². The van der Waals surface area contributed by atoms with Crippen molar-refractivity contribution in [3.05, 3.63) is 66.9 Å². The van der Waals surface area contributed by atoms with Crippen LogP contribution in [0.3, 0.4) is 0 Å². The van der Waals surface area contributed by atoms with Crippen LogP contribution in [0.2, 0.25) is 50.2 Å². The van der Waals surface area contributed by atoms with Crippen LogP contribution in [-0.4, -0.2) is 21.7 Å². The van der Waals surface area contributed by atoms with E-state index in [0.29, 0.717) is 0 Å². The van der Waals surface area contributed by atoms with Crippen molar-refractivity contribution in [3.63, 3.8) is 0 Å². The van der Waals surface area contributed by atoms with Gasteiger partial charge in [-0.05, 0) is 0 Å². The lowest BCUT2D eigenvalue weighted by atomic mass is 10.00. The van der Waals surface area contributed by atoms with Crippen molar-refractivity contribution in [2.45, 2.75) is 0 Å². The Bertz CT molecular complexity index is 1350. The predicted molar refractivity (Wildman–Crippen MR) is 134 cm³/mol. The van der Waals surface area contributed by atoms with Crippen LogP contribution in [0.15, 0.2) is 4.99 Å². The number of benzene rings is 2. The predicted octanol–water partition coefficient (Wildman–Crippen LogP) is 9.91. The number of aromatic amines is 1. The van der Waals surface area contributed by atoms with Gasteiger partial charge >= 0.3 is 0 Å². The number of rotatable bonds is 2. The van der Waals surface area contributed by atoms with Gasteiger partial charge in [-0.1, -0.05) is 116 Å². The van der Waals surface area contributed by atoms with Crippen molar-refractivity contribution in [2.24, 2.45) is 4.99 Å². The van der Waals surface area contributed by atoms with E-state index in [-0.39, 0.29) is 83.9 Å². The monoisotopic (exact) mass is 628 g/mol. The molecule has 2 aromatic carbocycles. The van der Waals surface area contributed by atoms with Gasteiger partial charge in [0.05, 0.1) is 72.8 Å². The molecule has 0 bridgehead atoms. The van der Waals surface area contributed by atoms with E-state index >= 15 is 0 Å². The number of carbonyl (C=O) groups excluding carboxylic acids is 1. The first-order valence-corrected chi connectivity index (χ1v) is 11.8. The fourth-order valence-electron chi connectivity index (χ4n) is 3.15. The first-order valence-electron chi connectivity index (χ1n) is 8.01. The van der Waals surface area contributed by atoms with Crippen LogP contribution in [-0.2, 0) is 0 Å². The molecule has 0 radical (unpaired) electrons. The summed E-state index contributed by atoms with van der Waals surface area (Å²) in [6.45, 7) is 0. The summed E-state index contributed by atoms with van der Waals surface area (Å²) in [7, 11) is 0. The van der Waals surface area contributed by atoms with Crippen LogP contribution >= 0.6 is 116 Å². The molecule has 0 atom stereocenters. The average molecular weight is 633 g/mol. The number of amides is 1. The van der Waals surface area contributed by atoms with Crippen molar-refractivity contribution in [1.82, 2.24) is 4.98 Å². The zero-order chi connectivity index (χ0) is 23.8. The van der Waals surface area contributed by atoms with Crippen molar-refractivity contribution in [2.75, 3.05) is 0 Å². The summed E-state index contributed by atoms with van der Waals surface area (Å²) in [6, 6.07) is 0. The third kappa shape index (κ3) is 3.51. The summed E-state index contributed by atoms with van der Waals surface area (Å²) >= 11 is 61.9. The van der Waals surface area contributed by atoms with Gasteiger partial charge < -0.3 is 10.1 Å². The molecule has 0 saturated heterocycles. The number of hydrogen-bond acceptors (Lipinski definition) is 2. The first-order chi connectivity index (χ1) is 14.9. The van der Waals surface area contributed by atoms with Gasteiger partial charge in [0.2, 0.25) is 0 Å². The minimum atomic E-state index is -0.773. The Hall–Kier alpha value is -0.240. The van der Waals surface area contributed by atoms with Crippen LogP contribution in [0.1, 0.15) is 21.5 Å². The van der Waals surface area contributed by atoms with Gasteiger partial charge in [-0.15, -0.1) is 0 Å². The van der Waals surface area contributed by atoms with Crippen LogP contribution in [0.5, 0.6) is 5.88 Å². The smallest absolute Gasteiger partial charge is 0.280 e. The SMILES string of the molecule is O=C1N=C(c2c(Cl)c(Cl)c(Cl)c(Cl)c2Cl)c2c(O)[nH]c(-c3c(Cl)c(Cl)c(Cl)c(Cl)c3Cl)c21. The highest BCUT2D eigenvalue weighted by molar-refractivity contribution is 6.58. The highest BCUT2D eigenvalue weighted by Gasteiger charge is 2.38. The minimum absolute atomic E-state index is 0.00452. The molecule has 166 valence electrons. The second-order valence-electron chi connectivity index (χ2n) is 6.25. The van der Waals surface area contributed by atoms with Gasteiger partial charge in [0.1, 0.15) is 0 Å². The Kier molecular flexibility index (Phi) is 6.81. The Labute approximate surface area is 229 Å². The van der Waals surface area contributed by atoms with Crippen molar-refractivity contribution in [1.29, 1.82) is 0 Å². The van der Waals surface area contributed by atoms with E-state index in [0.717, 1.165) is 0 Å². The topological polar surface area (TPSA) is 65.4 Å². The van der Waals surface area contributed by atoms with E-state index in [1.807, 2.05) is 0 Å². The van der Waals surface area contributed by atoms with Gasteiger partial charge in [-0.3, -0.25) is 4.79 Å². The molecule has 1 aliphatic heterocycles. The number of aromatic nitrogens is 1. The average Bonchev–Trinajstić information content (AvgIpc) is 3.27. The minimum Gasteiger partial charge on any atom is -0.494 e. The molecular weight excluding hydrogens is 631 g/mol. The number of aromatic hydroxyl groups is 1. The van der Waals surface area contributed by atoms with E-state index in [9.17, 15) is 9.90 Å². The standard InChI is InChI=1S/C18H2Cl10N2O2/c19-5-3(6(20)10(24)13(27)9(5)23)15-1-2(18(32)29-15)16(30-17(1)31)4-7(21)11(25)14(28)12(26)8(4)22/h29,32H. The number of hydrogen-bond donors (Lipinski definition) is 2. The van der Waals surface area contributed by atoms with E-state index in [1.54, 1.807) is 0 Å². The van der Waals surface area contributed by atoms with Gasteiger partial charge in [0.25, 0.3) is 5.91 Å². The molecule has 1 aliphatic rings. The molecule has 0 aliphatic carbocycles. The Morgan fingerprint density at radius 3 is 1.34 bits per heavy atom. The lowest BCUT2D eigenvalue weighted by Crippen LogP contribution is -2.03. The van der Waals surface area contributed by atoms with Gasteiger partial charge in [0.15, 0.2) is 5.88 Å². The van der Waals surface area contributed by atoms with Gasteiger partial charge in [0, 0.05) is 11.1 Å². The molecule has 4 nitrogen and oxygen atoms in total. The lowest BCUT2D eigenvalue weighted by Gasteiger charge is -2.12. The maximum Gasteiger partial charge on any atom is 0.280 e. The van der Waals surface area contributed by atoms with E-state index in [1.165, 1.54) is 0 Å². The molecule has 0 saturated carbocycles. The van der Waals surface area contributed by atoms with Crippen molar-refractivity contribution in [3.8, 4) is 17.1 Å². The maximum absolute atomic E-state index is 12.9. The summed E-state index contributed by atoms with van der Waals surface area (Å²) in [6.07, 6.45) is 0. The fourth-order valence-corrected chi connectivity index (χ4v) is 5.79. The molecule has 0 fully saturated rings. The summed E-state index contributed by atoms with van der Waals surface area (Å²) < 4.78 is 0. The summed E-state index contributed by atoms with van der Waals surface area (Å²) in [5.41, 5.74) is -0.222. The number of aliphatic imine (C=N–C) groups is 1. The van der Waals surface area contributed by atoms with Crippen LogP contribution < -0.4 is 0 Å². The van der Waals surface area contributed by atoms with Crippen LogP contribution in [0, 0.1) is 0 Å². The normalized spacial score (nSPS) is 13.1. The van der Waals surface area contributed by atoms with E-state index in [2.05, 4.69) is 9.98 Å². The molecule has 0 unspecified atom stereocenters. The maximum atomic E-state index is 12.9. The second kappa shape index (κ2) is 8.76. The zero-order valence-corrected chi connectivity index (χ0v) is 22.1. The van der Waals surface area contributed by atoms with Crippen molar-refractivity contribution < 1.29 is 9.90 Å². The summed E-state index contributed by atoms with van der Waals surface area (Å²) in [4.78, 5) is 19.5. The third-order valence-electron chi connectivity index (χ3n) is 4.55. The van der Waals surface area contributed by atoms with Gasteiger partial charge in [-0.2, -0.15) is 0 Å². The molecule has 14 heteroatoms. The number of halogens is 10. The lowest BCUT2D eigenvalue weighted by molar-refractivity contribution is 0.101. The number of fused-ring (bicyclic) bond motifs is 1. The number of carbonyl (C=O) groups is 1. The zero-order valence-electron chi connectivity index (χ0n) is 14.6. The molecule has 1 amide bonds. The van der Waals surface area contributed by atoms with E-state index in [4.69, 9.17) is 116 Å². The highest BCUT2D eigenvalue weighted by Crippen LogP contribution is 2.52. The number of nitrogens with zero attached hydrogens (tertiary/aromatic N) is 1. The third-order valence-corrected chi connectivity index (χ3v) is 9.10. The Morgan fingerprint density at radius 2 is 0.906 bits per heavy atom. The Morgan fingerprint density at radius 1 is 0.531 bits per heavy atom. The molecule has 2 N–H and O–H groups in total. The van der Waals surface area contributed by atoms with Gasteiger partial charge in [-0.25, -0.2) is 4.99 Å². The summed E-state index contributed by atoms with van der Waals surface area (Å²) in [5.74, 6) is -1.24. The second-order valence-corrected chi connectivity index (χ2v) is 10.0. The first kappa shape index (κ1) is 24.9. The summed E-state index contributed by atoms with van der Waals surface area (Å²) in [5, 5.41) is 9.62. The van der Waals surface area contributed by atoms with Crippen LogP contribution in [0.25, 0.3) is 11.3 Å². The quantitative estimate of drug-likeness (QED) is 0.218. The molecule has 0 spiro atoms. The van der Waals surface area contributed by atoms with Crippen molar-refractivity contribution >= 4 is 128 Å². The highest BCUT2D eigenvalue weighted by atomic mass is 35.5. The molecule has 32 heavy (non-hydrogen) atoms. The number of H-pyrrole nitrogens is 1. The molecule has 4 rings (SSSR count). The molecule has 1 aromatic heterocycles. The molecule has 3 aromatic rings. The Balaban J connectivity index is 2.04. The molecular formula is C18H2Cl10N2O2.